The Bertz CT molecular complexity index is 223. The van der Waals surface area contributed by atoms with E-state index in [1.54, 1.807) is 0 Å². The zero-order valence-corrected chi connectivity index (χ0v) is 11.0. The van der Waals surface area contributed by atoms with E-state index in [0.29, 0.717) is 19.6 Å². The Balaban J connectivity index is 1.86. The van der Waals surface area contributed by atoms with E-state index in [-0.39, 0.29) is 18.5 Å². The summed E-state index contributed by atoms with van der Waals surface area (Å²) in [6.07, 6.45) is 3.15. The van der Waals surface area contributed by atoms with Crippen molar-refractivity contribution in [3.05, 3.63) is 0 Å². The molecule has 2 unspecified atom stereocenters. The van der Waals surface area contributed by atoms with Gasteiger partial charge in [-0.2, -0.15) is 0 Å². The first-order valence-electron chi connectivity index (χ1n) is 5.85. The number of halogens is 2. The van der Waals surface area contributed by atoms with E-state index in [4.69, 9.17) is 37.4 Å². The highest BCUT2D eigenvalue weighted by Crippen LogP contribution is 2.36. The highest BCUT2D eigenvalue weighted by molar-refractivity contribution is 6.48. The lowest BCUT2D eigenvalue weighted by Crippen LogP contribution is -2.47. The molecular weight excluding hydrogens is 251 g/mol. The number of fused-ring (bicyclic) bond motifs is 2. The van der Waals surface area contributed by atoms with Crippen LogP contribution in [-0.4, -0.2) is 36.0 Å². The minimum atomic E-state index is -0.744. The van der Waals surface area contributed by atoms with Gasteiger partial charge in [-0.3, -0.25) is 0 Å². The number of hydrogen-bond donors (Lipinski definition) is 0. The van der Waals surface area contributed by atoms with Crippen molar-refractivity contribution >= 4 is 23.2 Å². The van der Waals surface area contributed by atoms with Gasteiger partial charge in [-0.15, -0.1) is 23.2 Å². The first-order valence-corrected chi connectivity index (χ1v) is 6.61. The molecule has 2 aliphatic rings. The molecule has 2 fully saturated rings. The van der Waals surface area contributed by atoms with Gasteiger partial charge >= 0.3 is 0 Å². The fourth-order valence-corrected chi connectivity index (χ4v) is 2.85. The topological polar surface area (TPSA) is 27.7 Å². The molecule has 2 aliphatic heterocycles. The second kappa shape index (κ2) is 5.40. The Labute approximate surface area is 106 Å². The van der Waals surface area contributed by atoms with Crippen molar-refractivity contribution in [2.45, 2.75) is 55.4 Å². The standard InChI is InChI=1S/C11H18Cl2O3/c1-2-3-11(12,13)5-10-15-8-4-9(16-10)7-14-6-8/h8-10H,2-7H2,1H3. The molecule has 0 aromatic heterocycles. The van der Waals surface area contributed by atoms with Gasteiger partial charge in [0.1, 0.15) is 4.33 Å². The van der Waals surface area contributed by atoms with E-state index in [1.165, 1.54) is 0 Å². The summed E-state index contributed by atoms with van der Waals surface area (Å²) in [5.74, 6) is 0. The molecule has 2 heterocycles. The molecule has 2 saturated heterocycles. The van der Waals surface area contributed by atoms with Crippen LogP contribution in [0.5, 0.6) is 0 Å². The summed E-state index contributed by atoms with van der Waals surface area (Å²) in [5.41, 5.74) is 0. The van der Waals surface area contributed by atoms with Crippen LogP contribution < -0.4 is 0 Å². The van der Waals surface area contributed by atoms with Gasteiger partial charge < -0.3 is 14.2 Å². The average Bonchev–Trinajstić information content (AvgIpc) is 2.15. The van der Waals surface area contributed by atoms with Crippen LogP contribution in [0.4, 0.5) is 0 Å². The molecule has 2 bridgehead atoms. The summed E-state index contributed by atoms with van der Waals surface area (Å²) in [7, 11) is 0. The maximum absolute atomic E-state index is 6.20. The zero-order valence-electron chi connectivity index (χ0n) is 9.46. The van der Waals surface area contributed by atoms with Gasteiger partial charge in [0.15, 0.2) is 6.29 Å². The highest BCUT2D eigenvalue weighted by atomic mass is 35.5. The van der Waals surface area contributed by atoms with Crippen LogP contribution in [0.25, 0.3) is 0 Å². The predicted octanol–water partition coefficient (Wildman–Crippen LogP) is 2.88. The zero-order chi connectivity index (χ0) is 11.6. The molecule has 2 atom stereocenters. The van der Waals surface area contributed by atoms with Crippen LogP contribution in [0, 0.1) is 0 Å². The number of rotatable bonds is 4. The molecule has 0 aliphatic carbocycles. The van der Waals surface area contributed by atoms with Crippen LogP contribution >= 0.6 is 23.2 Å². The molecule has 0 radical (unpaired) electrons. The van der Waals surface area contributed by atoms with E-state index in [9.17, 15) is 0 Å². The van der Waals surface area contributed by atoms with E-state index in [1.807, 2.05) is 0 Å². The molecule has 0 aromatic carbocycles. The van der Waals surface area contributed by atoms with Crippen molar-refractivity contribution in [2.75, 3.05) is 13.2 Å². The third kappa shape index (κ3) is 3.47. The van der Waals surface area contributed by atoms with Crippen LogP contribution in [0.1, 0.15) is 32.6 Å². The first-order chi connectivity index (χ1) is 7.59. The smallest absolute Gasteiger partial charge is 0.161 e. The quantitative estimate of drug-likeness (QED) is 0.734. The van der Waals surface area contributed by atoms with E-state index in [2.05, 4.69) is 6.92 Å². The van der Waals surface area contributed by atoms with Gasteiger partial charge in [0.2, 0.25) is 0 Å². The van der Waals surface area contributed by atoms with Crippen molar-refractivity contribution in [3.63, 3.8) is 0 Å². The molecule has 2 rings (SSSR count). The summed E-state index contributed by atoms with van der Waals surface area (Å²) >= 11 is 12.4. The van der Waals surface area contributed by atoms with Gasteiger partial charge in [-0.05, 0) is 6.42 Å². The highest BCUT2D eigenvalue weighted by Gasteiger charge is 2.37. The fraction of sp³-hybridized carbons (Fsp3) is 1.00. The lowest BCUT2D eigenvalue weighted by atomic mass is 10.1. The largest absolute Gasteiger partial charge is 0.376 e. The van der Waals surface area contributed by atoms with E-state index < -0.39 is 4.33 Å². The normalized spacial score (nSPS) is 35.1. The molecule has 0 aromatic rings. The summed E-state index contributed by atoms with van der Waals surface area (Å²) < 4.78 is 16.0. The lowest BCUT2D eigenvalue weighted by molar-refractivity contribution is -0.285. The number of hydrogen-bond acceptors (Lipinski definition) is 3. The summed E-state index contributed by atoms with van der Waals surface area (Å²) in [6, 6.07) is 0. The lowest BCUT2D eigenvalue weighted by Gasteiger charge is -2.40. The van der Waals surface area contributed by atoms with Gasteiger partial charge in [0, 0.05) is 12.8 Å². The monoisotopic (exact) mass is 268 g/mol. The van der Waals surface area contributed by atoms with E-state index in [0.717, 1.165) is 19.3 Å². The molecule has 5 heteroatoms. The maximum atomic E-state index is 6.20. The second-order valence-electron chi connectivity index (χ2n) is 4.53. The van der Waals surface area contributed by atoms with Crippen molar-refractivity contribution in [3.8, 4) is 0 Å². The van der Waals surface area contributed by atoms with Gasteiger partial charge in [0.05, 0.1) is 25.4 Å². The Morgan fingerprint density at radius 2 is 1.81 bits per heavy atom. The minimum Gasteiger partial charge on any atom is -0.376 e. The Kier molecular flexibility index (Phi) is 4.36. The van der Waals surface area contributed by atoms with Crippen LogP contribution in [-0.2, 0) is 14.2 Å². The van der Waals surface area contributed by atoms with E-state index >= 15 is 0 Å². The summed E-state index contributed by atoms with van der Waals surface area (Å²) in [5, 5.41) is 0. The third-order valence-electron chi connectivity index (χ3n) is 2.90. The molecular formula is C11H18Cl2O3. The molecule has 3 nitrogen and oxygen atoms in total. The van der Waals surface area contributed by atoms with Crippen LogP contribution in [0.2, 0.25) is 0 Å². The van der Waals surface area contributed by atoms with Gasteiger partial charge in [-0.1, -0.05) is 13.3 Å². The second-order valence-corrected chi connectivity index (χ2v) is 6.17. The van der Waals surface area contributed by atoms with Crippen molar-refractivity contribution < 1.29 is 14.2 Å². The molecule has 16 heavy (non-hydrogen) atoms. The van der Waals surface area contributed by atoms with Crippen molar-refractivity contribution in [1.82, 2.24) is 0 Å². The van der Waals surface area contributed by atoms with Gasteiger partial charge in [0.25, 0.3) is 0 Å². The summed E-state index contributed by atoms with van der Waals surface area (Å²) in [4.78, 5) is 0. The average molecular weight is 269 g/mol. The third-order valence-corrected chi connectivity index (χ3v) is 3.59. The molecule has 0 amide bonds. The van der Waals surface area contributed by atoms with Crippen molar-refractivity contribution in [2.24, 2.45) is 0 Å². The summed E-state index contributed by atoms with van der Waals surface area (Å²) in [6.45, 7) is 3.37. The molecule has 0 spiro atoms. The Morgan fingerprint density at radius 1 is 1.19 bits per heavy atom. The van der Waals surface area contributed by atoms with Crippen LogP contribution in [0.3, 0.4) is 0 Å². The fourth-order valence-electron chi connectivity index (χ4n) is 2.22. The molecule has 0 N–H and O–H groups in total. The van der Waals surface area contributed by atoms with Gasteiger partial charge in [-0.25, -0.2) is 0 Å². The SMILES string of the molecule is CCCC(Cl)(Cl)CC1OC2COCC(C2)O1. The number of ether oxygens (including phenoxy) is 3. The Hall–Kier alpha value is 0.460. The molecule has 0 saturated carbocycles. The van der Waals surface area contributed by atoms with Crippen molar-refractivity contribution in [1.29, 1.82) is 0 Å². The van der Waals surface area contributed by atoms with Crippen LogP contribution in [0.15, 0.2) is 0 Å². The number of alkyl halides is 2. The first kappa shape index (κ1) is 12.9. The molecule has 94 valence electrons. The Morgan fingerprint density at radius 3 is 2.38 bits per heavy atom. The predicted molar refractivity (Wildman–Crippen MR) is 62.9 cm³/mol. The maximum Gasteiger partial charge on any atom is 0.161 e. The minimum absolute atomic E-state index is 0.142.